The highest BCUT2D eigenvalue weighted by atomic mass is 32.2. The molecule has 0 saturated heterocycles. The normalized spacial score (nSPS) is 12.5. The second kappa shape index (κ2) is 6.20. The summed E-state index contributed by atoms with van der Waals surface area (Å²) >= 11 is 0. The minimum Gasteiger partial charge on any atom is -0.223 e. The molecule has 0 unspecified atom stereocenters. The molecule has 118 valence electrons. The van der Waals surface area contributed by atoms with Crippen molar-refractivity contribution < 1.29 is 16.8 Å². The molecule has 0 aliphatic rings. The first kappa shape index (κ1) is 16.7. The monoisotopic (exact) mass is 339 g/mol. The van der Waals surface area contributed by atoms with Crippen molar-refractivity contribution in [2.24, 2.45) is 0 Å². The van der Waals surface area contributed by atoms with Gasteiger partial charge in [-0.2, -0.15) is 0 Å². The molecule has 22 heavy (non-hydrogen) atoms. The van der Waals surface area contributed by atoms with Crippen LogP contribution in [0.15, 0.2) is 64.4 Å². The second-order valence-corrected chi connectivity index (χ2v) is 9.15. The van der Waals surface area contributed by atoms with E-state index in [0.29, 0.717) is 5.56 Å². The van der Waals surface area contributed by atoms with Gasteiger partial charge in [0.25, 0.3) is 0 Å². The Hall–Kier alpha value is -1.70. The minimum atomic E-state index is -3.58. The summed E-state index contributed by atoms with van der Waals surface area (Å²) in [5.41, 5.74) is 0.437. The van der Waals surface area contributed by atoms with Crippen LogP contribution in [0.4, 0.5) is 0 Å². The van der Waals surface area contributed by atoms with Gasteiger partial charge in [0, 0.05) is 14.1 Å². The van der Waals surface area contributed by atoms with Crippen molar-refractivity contribution in [1.29, 1.82) is 0 Å². The Morgan fingerprint density at radius 2 is 1.41 bits per heavy atom. The zero-order chi connectivity index (χ0) is 16.4. The number of sulfone groups is 1. The van der Waals surface area contributed by atoms with Gasteiger partial charge in [-0.3, -0.25) is 0 Å². The molecular formula is C15H17NO4S2. The molecule has 0 atom stereocenters. The zero-order valence-corrected chi connectivity index (χ0v) is 13.9. The number of hydrogen-bond acceptors (Lipinski definition) is 4. The van der Waals surface area contributed by atoms with Crippen LogP contribution in [0.25, 0.3) is 0 Å². The Labute approximate surface area is 131 Å². The van der Waals surface area contributed by atoms with E-state index in [-0.39, 0.29) is 15.5 Å². The van der Waals surface area contributed by atoms with Gasteiger partial charge in [0.2, 0.25) is 10.0 Å². The molecule has 7 heteroatoms. The van der Waals surface area contributed by atoms with Crippen LogP contribution in [0.3, 0.4) is 0 Å². The van der Waals surface area contributed by atoms with Crippen molar-refractivity contribution in [3.8, 4) is 0 Å². The van der Waals surface area contributed by atoms with Gasteiger partial charge in [-0.1, -0.05) is 30.3 Å². The summed E-state index contributed by atoms with van der Waals surface area (Å²) < 4.78 is 50.0. The first-order chi connectivity index (χ1) is 10.2. The molecule has 2 aromatic carbocycles. The molecule has 2 rings (SSSR count). The van der Waals surface area contributed by atoms with Gasteiger partial charge < -0.3 is 0 Å². The number of rotatable bonds is 5. The average Bonchev–Trinajstić information content (AvgIpc) is 2.48. The van der Waals surface area contributed by atoms with E-state index in [1.165, 1.54) is 38.4 Å². The highest BCUT2D eigenvalue weighted by Gasteiger charge is 2.19. The van der Waals surface area contributed by atoms with Crippen molar-refractivity contribution in [3.63, 3.8) is 0 Å². The highest BCUT2D eigenvalue weighted by molar-refractivity contribution is 7.90. The average molecular weight is 339 g/mol. The predicted octanol–water partition coefficient (Wildman–Crippen LogP) is 1.91. The lowest BCUT2D eigenvalue weighted by molar-refractivity contribution is 0.520. The second-order valence-electron chi connectivity index (χ2n) is 5.01. The van der Waals surface area contributed by atoms with Crippen LogP contribution in [0.5, 0.6) is 0 Å². The molecule has 0 saturated carbocycles. The van der Waals surface area contributed by atoms with Crippen molar-refractivity contribution in [3.05, 3.63) is 60.2 Å². The maximum absolute atomic E-state index is 12.3. The molecule has 0 radical (unpaired) electrons. The van der Waals surface area contributed by atoms with E-state index in [0.717, 1.165) is 4.31 Å². The Bertz CT molecular complexity index is 857. The molecule has 0 aliphatic heterocycles. The van der Waals surface area contributed by atoms with Crippen molar-refractivity contribution in [1.82, 2.24) is 4.31 Å². The zero-order valence-electron chi connectivity index (χ0n) is 12.3. The van der Waals surface area contributed by atoms with Gasteiger partial charge in [0.1, 0.15) is 0 Å². The van der Waals surface area contributed by atoms with E-state index in [2.05, 4.69) is 0 Å². The van der Waals surface area contributed by atoms with Crippen molar-refractivity contribution >= 4 is 19.9 Å². The summed E-state index contributed by atoms with van der Waals surface area (Å²) in [5, 5.41) is 0. The standard InChI is InChI=1S/C15H17NO4S2/c1-16(2)22(19,20)15-10-6-7-13(11-15)12-21(17,18)14-8-4-3-5-9-14/h3-11H,12H2,1-2H3. The number of sulfonamides is 1. The molecule has 0 spiro atoms. The number of hydrogen-bond donors (Lipinski definition) is 0. The van der Waals surface area contributed by atoms with Crippen molar-refractivity contribution in [2.45, 2.75) is 15.5 Å². The summed E-state index contributed by atoms with van der Waals surface area (Å²) in [4.78, 5) is 0.300. The van der Waals surface area contributed by atoms with Gasteiger partial charge in [0.05, 0.1) is 15.5 Å². The van der Waals surface area contributed by atoms with Gasteiger partial charge >= 0.3 is 0 Å². The minimum absolute atomic E-state index is 0.0817. The van der Waals surface area contributed by atoms with E-state index in [1.54, 1.807) is 30.3 Å². The smallest absolute Gasteiger partial charge is 0.223 e. The molecule has 2 aromatic rings. The van der Waals surface area contributed by atoms with Crippen LogP contribution in [0.1, 0.15) is 5.56 Å². The summed E-state index contributed by atoms with van der Waals surface area (Å²) in [6, 6.07) is 14.1. The molecule has 5 nitrogen and oxygen atoms in total. The van der Waals surface area contributed by atoms with Gasteiger partial charge in [-0.15, -0.1) is 0 Å². The fourth-order valence-electron chi connectivity index (χ4n) is 1.94. The maximum atomic E-state index is 12.3. The molecule has 0 N–H and O–H groups in total. The van der Waals surface area contributed by atoms with E-state index in [9.17, 15) is 16.8 Å². The van der Waals surface area contributed by atoms with Crippen LogP contribution >= 0.6 is 0 Å². The Kier molecular flexibility index (Phi) is 4.69. The molecular weight excluding hydrogens is 322 g/mol. The fraction of sp³-hybridized carbons (Fsp3) is 0.200. The Morgan fingerprint density at radius 3 is 2.00 bits per heavy atom. The Balaban J connectivity index is 2.36. The molecule has 0 aromatic heterocycles. The molecule has 0 bridgehead atoms. The molecule has 0 fully saturated rings. The van der Waals surface area contributed by atoms with Gasteiger partial charge in [-0.25, -0.2) is 21.1 Å². The fourth-order valence-corrected chi connectivity index (χ4v) is 4.27. The lowest BCUT2D eigenvalue weighted by Crippen LogP contribution is -2.22. The number of nitrogens with zero attached hydrogens (tertiary/aromatic N) is 1. The third-order valence-electron chi connectivity index (χ3n) is 3.14. The van der Waals surface area contributed by atoms with E-state index in [1.807, 2.05) is 0 Å². The summed E-state index contributed by atoms with van der Waals surface area (Å²) in [6.07, 6.45) is 0. The Morgan fingerprint density at radius 1 is 0.818 bits per heavy atom. The lowest BCUT2D eigenvalue weighted by Gasteiger charge is -2.12. The van der Waals surface area contributed by atoms with E-state index >= 15 is 0 Å². The maximum Gasteiger partial charge on any atom is 0.242 e. The van der Waals surface area contributed by atoms with Crippen LogP contribution in [0, 0.1) is 0 Å². The third-order valence-corrected chi connectivity index (χ3v) is 6.65. The van der Waals surface area contributed by atoms with Crippen molar-refractivity contribution in [2.75, 3.05) is 14.1 Å². The third kappa shape index (κ3) is 3.55. The summed E-state index contributed by atoms with van der Waals surface area (Å²) in [5.74, 6) is -0.242. The molecule has 0 amide bonds. The van der Waals surface area contributed by atoms with E-state index < -0.39 is 19.9 Å². The van der Waals surface area contributed by atoms with E-state index in [4.69, 9.17) is 0 Å². The van der Waals surface area contributed by atoms with Crippen LogP contribution in [-0.4, -0.2) is 35.2 Å². The SMILES string of the molecule is CN(C)S(=O)(=O)c1cccc(CS(=O)(=O)c2ccccc2)c1. The number of benzene rings is 2. The van der Waals surface area contributed by atoms with Crippen LogP contribution in [0.2, 0.25) is 0 Å². The predicted molar refractivity (Wildman–Crippen MR) is 84.6 cm³/mol. The van der Waals surface area contributed by atoms with Crippen LogP contribution in [-0.2, 0) is 25.6 Å². The first-order valence-corrected chi connectivity index (χ1v) is 9.62. The topological polar surface area (TPSA) is 71.5 Å². The highest BCUT2D eigenvalue weighted by Crippen LogP contribution is 2.19. The summed E-state index contributed by atoms with van der Waals surface area (Å²) in [6.45, 7) is 0. The summed E-state index contributed by atoms with van der Waals surface area (Å²) in [7, 11) is -4.22. The largest absolute Gasteiger partial charge is 0.242 e. The molecule has 0 heterocycles. The lowest BCUT2D eigenvalue weighted by atomic mass is 10.2. The van der Waals surface area contributed by atoms with Gasteiger partial charge in [-0.05, 0) is 29.8 Å². The molecule has 0 aliphatic carbocycles. The first-order valence-electron chi connectivity index (χ1n) is 6.53. The van der Waals surface area contributed by atoms with Gasteiger partial charge in [0.15, 0.2) is 9.84 Å². The van der Waals surface area contributed by atoms with Crippen LogP contribution < -0.4 is 0 Å². The quantitative estimate of drug-likeness (QED) is 0.834.